The van der Waals surface area contributed by atoms with Gasteiger partial charge in [0, 0.05) is 63.0 Å². The molecule has 0 aromatic heterocycles. The van der Waals surface area contributed by atoms with Crippen LogP contribution in [0, 0.1) is 10.1 Å². The van der Waals surface area contributed by atoms with Crippen LogP contribution < -0.4 is 10.6 Å². The van der Waals surface area contributed by atoms with E-state index in [1.807, 2.05) is 18.7 Å². The Bertz CT molecular complexity index is 669. The molecular weight excluding hydrogens is 362 g/mol. The molecule has 1 fully saturated rings. The summed E-state index contributed by atoms with van der Waals surface area (Å²) >= 11 is 0. The van der Waals surface area contributed by atoms with Gasteiger partial charge in [0.25, 0.3) is 5.69 Å². The van der Waals surface area contributed by atoms with Gasteiger partial charge in [-0.25, -0.2) is 0 Å². The highest BCUT2D eigenvalue weighted by atomic mass is 16.6. The Morgan fingerprint density at radius 1 is 1.14 bits per heavy atom. The molecule has 1 heterocycles. The maximum atomic E-state index is 12.3. The van der Waals surface area contributed by atoms with E-state index in [4.69, 9.17) is 0 Å². The van der Waals surface area contributed by atoms with Crippen molar-refractivity contribution in [3.05, 3.63) is 34.4 Å². The summed E-state index contributed by atoms with van der Waals surface area (Å²) in [5, 5.41) is 16.7. The lowest BCUT2D eigenvalue weighted by molar-refractivity contribution is -0.384. The Hall–Kier alpha value is -2.68. The van der Waals surface area contributed by atoms with Crippen LogP contribution in [0.4, 0.5) is 11.4 Å². The number of nitro benzene ring substituents is 1. The van der Waals surface area contributed by atoms with Crippen LogP contribution in [0.25, 0.3) is 0 Å². The number of anilines is 1. The monoisotopic (exact) mass is 391 g/mol. The van der Waals surface area contributed by atoms with Gasteiger partial charge < -0.3 is 15.5 Å². The van der Waals surface area contributed by atoms with Gasteiger partial charge in [-0.2, -0.15) is 0 Å². The van der Waals surface area contributed by atoms with E-state index in [0.29, 0.717) is 52.1 Å². The molecule has 1 aliphatic heterocycles. The minimum absolute atomic E-state index is 0.0205. The Morgan fingerprint density at radius 3 is 2.36 bits per heavy atom. The van der Waals surface area contributed by atoms with Gasteiger partial charge in [-0.1, -0.05) is 0 Å². The molecule has 0 atom stereocenters. The third kappa shape index (κ3) is 7.15. The third-order valence-electron chi connectivity index (χ3n) is 4.52. The number of hydrogen-bond donors (Lipinski definition) is 2. The van der Waals surface area contributed by atoms with Crippen LogP contribution in [0.15, 0.2) is 24.3 Å². The minimum atomic E-state index is -0.432. The van der Waals surface area contributed by atoms with Gasteiger partial charge >= 0.3 is 0 Å². The van der Waals surface area contributed by atoms with Crippen molar-refractivity contribution < 1.29 is 14.5 Å². The zero-order chi connectivity index (χ0) is 20.5. The lowest BCUT2D eigenvalue weighted by Crippen LogP contribution is -2.51. The molecule has 2 N–H and O–H groups in total. The number of hydrogen-bond acceptors (Lipinski definition) is 6. The molecule has 2 amide bonds. The van der Waals surface area contributed by atoms with Gasteiger partial charge in [0.05, 0.1) is 11.5 Å². The maximum Gasteiger partial charge on any atom is 0.269 e. The predicted octanol–water partition coefficient (Wildman–Crippen LogP) is 1.46. The predicted molar refractivity (Wildman–Crippen MR) is 107 cm³/mol. The molecule has 0 spiro atoms. The highest BCUT2D eigenvalue weighted by Gasteiger charge is 2.22. The standard InChI is InChI=1S/C19H29N5O4/c1-15(2)21-18(25)14-22-10-12-23(13-11-22)19(26)4-3-9-20-16-5-7-17(8-6-16)24(27)28/h5-8,15,20H,3-4,9-14H2,1-2H3,(H,21,25). The topological polar surface area (TPSA) is 108 Å². The minimum Gasteiger partial charge on any atom is -0.385 e. The summed E-state index contributed by atoms with van der Waals surface area (Å²) in [5.74, 6) is 0.142. The SMILES string of the molecule is CC(C)NC(=O)CN1CCN(C(=O)CCCNc2ccc([N+](=O)[O-])cc2)CC1. The number of piperazine rings is 1. The van der Waals surface area contributed by atoms with Crippen molar-refractivity contribution in [3.63, 3.8) is 0 Å². The Morgan fingerprint density at radius 2 is 1.79 bits per heavy atom. The molecule has 154 valence electrons. The average molecular weight is 391 g/mol. The summed E-state index contributed by atoms with van der Waals surface area (Å²) in [6.07, 6.45) is 1.14. The number of benzene rings is 1. The van der Waals surface area contributed by atoms with Crippen LogP contribution in [-0.4, -0.2) is 71.8 Å². The number of nitro groups is 1. The van der Waals surface area contributed by atoms with Crippen LogP contribution in [0.3, 0.4) is 0 Å². The quantitative estimate of drug-likeness (QED) is 0.375. The normalized spacial score (nSPS) is 14.8. The van der Waals surface area contributed by atoms with E-state index in [1.54, 1.807) is 12.1 Å². The second kappa shape index (κ2) is 10.6. The van der Waals surface area contributed by atoms with Crippen molar-refractivity contribution in [1.29, 1.82) is 0 Å². The molecule has 9 heteroatoms. The summed E-state index contributed by atoms with van der Waals surface area (Å²) in [4.78, 5) is 38.3. The fourth-order valence-corrected chi connectivity index (χ4v) is 3.06. The zero-order valence-corrected chi connectivity index (χ0v) is 16.5. The van der Waals surface area contributed by atoms with E-state index >= 15 is 0 Å². The van der Waals surface area contributed by atoms with Crippen molar-refractivity contribution in [2.75, 3.05) is 44.6 Å². The third-order valence-corrected chi connectivity index (χ3v) is 4.52. The summed E-state index contributed by atoms with van der Waals surface area (Å²) < 4.78 is 0. The molecule has 0 saturated carbocycles. The van der Waals surface area contributed by atoms with Crippen LogP contribution >= 0.6 is 0 Å². The van der Waals surface area contributed by atoms with Crippen LogP contribution in [-0.2, 0) is 9.59 Å². The van der Waals surface area contributed by atoms with Crippen molar-refractivity contribution in [2.24, 2.45) is 0 Å². The number of nitrogens with zero attached hydrogens (tertiary/aromatic N) is 3. The van der Waals surface area contributed by atoms with Crippen molar-refractivity contribution in [3.8, 4) is 0 Å². The summed E-state index contributed by atoms with van der Waals surface area (Å²) in [7, 11) is 0. The highest BCUT2D eigenvalue weighted by Crippen LogP contribution is 2.15. The van der Waals surface area contributed by atoms with Crippen LogP contribution in [0.2, 0.25) is 0 Å². The summed E-state index contributed by atoms with van der Waals surface area (Å²) in [5.41, 5.74) is 0.855. The van der Waals surface area contributed by atoms with Gasteiger partial charge in [0.15, 0.2) is 0 Å². The van der Waals surface area contributed by atoms with Gasteiger partial charge in [0.1, 0.15) is 0 Å². The first-order chi connectivity index (χ1) is 13.3. The summed E-state index contributed by atoms with van der Waals surface area (Å²) in [6.45, 7) is 7.57. The van der Waals surface area contributed by atoms with Gasteiger partial charge in [-0.05, 0) is 32.4 Å². The Labute approximate surface area is 165 Å². The maximum absolute atomic E-state index is 12.3. The molecule has 1 aromatic rings. The largest absolute Gasteiger partial charge is 0.385 e. The van der Waals surface area contributed by atoms with Crippen molar-refractivity contribution >= 4 is 23.2 Å². The van der Waals surface area contributed by atoms with Crippen LogP contribution in [0.5, 0.6) is 0 Å². The number of rotatable bonds is 9. The molecule has 0 bridgehead atoms. The molecular formula is C19H29N5O4. The molecule has 1 aromatic carbocycles. The van der Waals surface area contributed by atoms with Gasteiger partial charge in [-0.15, -0.1) is 0 Å². The molecule has 1 aliphatic rings. The van der Waals surface area contributed by atoms with E-state index in [0.717, 1.165) is 5.69 Å². The van der Waals surface area contributed by atoms with Crippen LogP contribution in [0.1, 0.15) is 26.7 Å². The molecule has 9 nitrogen and oxygen atoms in total. The fraction of sp³-hybridized carbons (Fsp3) is 0.579. The Balaban J connectivity index is 1.62. The summed E-state index contributed by atoms with van der Waals surface area (Å²) in [6, 6.07) is 6.36. The van der Waals surface area contributed by atoms with E-state index in [9.17, 15) is 19.7 Å². The van der Waals surface area contributed by atoms with Gasteiger partial charge in [0.2, 0.25) is 11.8 Å². The number of carbonyl (C=O) groups is 2. The highest BCUT2D eigenvalue weighted by molar-refractivity contribution is 5.78. The number of amides is 2. The van der Waals surface area contributed by atoms with E-state index in [-0.39, 0.29) is 23.5 Å². The number of non-ortho nitro benzene ring substituents is 1. The van der Waals surface area contributed by atoms with Crippen molar-refractivity contribution in [2.45, 2.75) is 32.7 Å². The second-order valence-electron chi connectivity index (χ2n) is 7.21. The molecule has 2 rings (SSSR count). The Kier molecular flexibility index (Phi) is 8.19. The van der Waals surface area contributed by atoms with E-state index < -0.39 is 4.92 Å². The van der Waals surface area contributed by atoms with Gasteiger partial charge in [-0.3, -0.25) is 24.6 Å². The van der Waals surface area contributed by atoms with E-state index in [2.05, 4.69) is 15.5 Å². The number of carbonyl (C=O) groups excluding carboxylic acids is 2. The first-order valence-electron chi connectivity index (χ1n) is 9.63. The molecule has 0 radical (unpaired) electrons. The first-order valence-corrected chi connectivity index (χ1v) is 9.63. The smallest absolute Gasteiger partial charge is 0.269 e. The molecule has 0 aliphatic carbocycles. The molecule has 1 saturated heterocycles. The second-order valence-corrected chi connectivity index (χ2v) is 7.21. The fourth-order valence-electron chi connectivity index (χ4n) is 3.06. The lowest BCUT2D eigenvalue weighted by atomic mass is 10.2. The number of nitrogens with one attached hydrogen (secondary N) is 2. The van der Waals surface area contributed by atoms with E-state index in [1.165, 1.54) is 12.1 Å². The first kappa shape index (κ1) is 21.6. The molecule has 28 heavy (non-hydrogen) atoms. The lowest BCUT2D eigenvalue weighted by Gasteiger charge is -2.34. The zero-order valence-electron chi connectivity index (χ0n) is 16.5. The van der Waals surface area contributed by atoms with Crippen molar-refractivity contribution in [1.82, 2.24) is 15.1 Å². The molecule has 0 unspecified atom stereocenters. The average Bonchev–Trinajstić information content (AvgIpc) is 2.65.